The Labute approximate surface area is 135 Å². The average Bonchev–Trinajstić information content (AvgIpc) is 2.91. The third-order valence-electron chi connectivity index (χ3n) is 4.47. The van der Waals surface area contributed by atoms with E-state index in [9.17, 15) is 4.79 Å². The van der Waals surface area contributed by atoms with Crippen molar-refractivity contribution in [1.29, 1.82) is 0 Å². The van der Waals surface area contributed by atoms with Crippen molar-refractivity contribution in [2.45, 2.75) is 70.9 Å². The average molecular weight is 308 g/mol. The Morgan fingerprint density at radius 2 is 2.14 bits per heavy atom. The number of nitrogens with zero attached hydrogens (tertiary/aromatic N) is 1. The van der Waals surface area contributed by atoms with Gasteiger partial charge in [0, 0.05) is 12.6 Å². The van der Waals surface area contributed by atoms with E-state index in [1.807, 2.05) is 25.7 Å². The highest BCUT2D eigenvalue weighted by Crippen LogP contribution is 2.23. The summed E-state index contributed by atoms with van der Waals surface area (Å²) in [4.78, 5) is 14.2. The quantitative estimate of drug-likeness (QED) is 0.621. The number of allylic oxidation sites excluding steroid dienone is 2. The standard InChI is InChI=1S/C18H32N2O2/c1-18(2,3)22-17(21)20-13-7-10-16(20)11-12-19-14-15-8-5-4-6-9-15/h4-5,15-16,19H,6-14H2,1-3H3. The van der Waals surface area contributed by atoms with Gasteiger partial charge in [0.1, 0.15) is 5.60 Å². The van der Waals surface area contributed by atoms with Crippen molar-refractivity contribution in [3.63, 3.8) is 0 Å². The summed E-state index contributed by atoms with van der Waals surface area (Å²) in [6.07, 6.45) is 11.4. The molecule has 1 fully saturated rings. The molecule has 1 N–H and O–H groups in total. The fourth-order valence-corrected chi connectivity index (χ4v) is 3.31. The van der Waals surface area contributed by atoms with Crippen molar-refractivity contribution in [3.05, 3.63) is 12.2 Å². The molecule has 22 heavy (non-hydrogen) atoms. The molecular formula is C18H32N2O2. The smallest absolute Gasteiger partial charge is 0.410 e. The second-order valence-corrected chi connectivity index (χ2v) is 7.61. The molecule has 1 aliphatic carbocycles. The van der Waals surface area contributed by atoms with Gasteiger partial charge >= 0.3 is 6.09 Å². The lowest BCUT2D eigenvalue weighted by molar-refractivity contribution is 0.0220. The van der Waals surface area contributed by atoms with Crippen molar-refractivity contribution in [2.75, 3.05) is 19.6 Å². The zero-order valence-corrected chi connectivity index (χ0v) is 14.4. The molecule has 2 atom stereocenters. The number of carbonyl (C=O) groups is 1. The molecule has 4 heteroatoms. The molecule has 2 aliphatic rings. The van der Waals surface area contributed by atoms with Crippen LogP contribution < -0.4 is 5.32 Å². The van der Waals surface area contributed by atoms with Gasteiger partial charge in [0.05, 0.1) is 0 Å². The molecule has 0 aromatic heterocycles. The van der Waals surface area contributed by atoms with E-state index in [0.29, 0.717) is 6.04 Å². The second-order valence-electron chi connectivity index (χ2n) is 7.61. The van der Waals surface area contributed by atoms with Crippen molar-refractivity contribution in [3.8, 4) is 0 Å². The topological polar surface area (TPSA) is 41.6 Å². The van der Waals surface area contributed by atoms with Gasteiger partial charge in [0.25, 0.3) is 0 Å². The Bertz CT molecular complexity index is 387. The highest BCUT2D eigenvalue weighted by atomic mass is 16.6. The summed E-state index contributed by atoms with van der Waals surface area (Å²) in [6, 6.07) is 0.341. The summed E-state index contributed by atoms with van der Waals surface area (Å²) in [5.74, 6) is 0.788. The number of rotatable bonds is 5. The molecule has 0 bridgehead atoms. The lowest BCUT2D eigenvalue weighted by Crippen LogP contribution is -2.41. The Balaban J connectivity index is 1.67. The van der Waals surface area contributed by atoms with E-state index in [1.54, 1.807) is 0 Å². The molecule has 0 aromatic rings. The molecule has 1 heterocycles. The van der Waals surface area contributed by atoms with Crippen LogP contribution in [0.15, 0.2) is 12.2 Å². The number of carbonyl (C=O) groups excluding carboxylic acids is 1. The summed E-state index contributed by atoms with van der Waals surface area (Å²) in [7, 11) is 0. The molecule has 1 aliphatic heterocycles. The molecule has 1 amide bonds. The van der Waals surface area contributed by atoms with Crippen molar-refractivity contribution in [2.24, 2.45) is 5.92 Å². The van der Waals surface area contributed by atoms with Gasteiger partial charge in [-0.1, -0.05) is 12.2 Å². The van der Waals surface area contributed by atoms with Crippen LogP contribution in [-0.4, -0.2) is 42.3 Å². The van der Waals surface area contributed by atoms with Crippen molar-refractivity contribution in [1.82, 2.24) is 10.2 Å². The second kappa shape index (κ2) is 8.00. The highest BCUT2D eigenvalue weighted by molar-refractivity contribution is 5.68. The van der Waals surface area contributed by atoms with E-state index in [-0.39, 0.29) is 6.09 Å². The SMILES string of the molecule is CC(C)(C)OC(=O)N1CCCC1CCNCC1CC=CCC1. The summed E-state index contributed by atoms with van der Waals surface area (Å²) < 4.78 is 5.51. The molecule has 0 aromatic carbocycles. The lowest BCUT2D eigenvalue weighted by atomic mass is 9.94. The van der Waals surface area contributed by atoms with Crippen LogP contribution in [0.2, 0.25) is 0 Å². The molecular weight excluding hydrogens is 276 g/mol. The van der Waals surface area contributed by atoms with Crippen LogP contribution in [-0.2, 0) is 4.74 Å². The van der Waals surface area contributed by atoms with E-state index >= 15 is 0 Å². The third kappa shape index (κ3) is 5.64. The molecule has 0 radical (unpaired) electrons. The van der Waals surface area contributed by atoms with Crippen LogP contribution in [0.5, 0.6) is 0 Å². The fourth-order valence-electron chi connectivity index (χ4n) is 3.31. The lowest BCUT2D eigenvalue weighted by Gasteiger charge is -2.29. The van der Waals surface area contributed by atoms with E-state index < -0.39 is 5.60 Å². The van der Waals surface area contributed by atoms with Crippen LogP contribution in [0, 0.1) is 5.92 Å². The number of hydrogen-bond donors (Lipinski definition) is 1. The first-order valence-corrected chi connectivity index (χ1v) is 8.81. The van der Waals surface area contributed by atoms with Crippen LogP contribution in [0.25, 0.3) is 0 Å². The Hall–Kier alpha value is -1.03. The monoisotopic (exact) mass is 308 g/mol. The first-order valence-electron chi connectivity index (χ1n) is 8.81. The molecule has 0 spiro atoms. The number of ether oxygens (including phenoxy) is 1. The van der Waals surface area contributed by atoms with Crippen molar-refractivity contribution < 1.29 is 9.53 Å². The van der Waals surface area contributed by atoms with Gasteiger partial charge in [0.2, 0.25) is 0 Å². The molecule has 2 rings (SSSR count). The van der Waals surface area contributed by atoms with Crippen LogP contribution in [0.3, 0.4) is 0 Å². The van der Waals surface area contributed by atoms with Gasteiger partial charge in [-0.25, -0.2) is 4.79 Å². The van der Waals surface area contributed by atoms with Gasteiger partial charge in [-0.05, 0) is 78.3 Å². The Morgan fingerprint density at radius 3 is 2.82 bits per heavy atom. The van der Waals surface area contributed by atoms with E-state index in [0.717, 1.165) is 44.8 Å². The number of likely N-dealkylation sites (tertiary alicyclic amines) is 1. The fraction of sp³-hybridized carbons (Fsp3) is 0.833. The number of nitrogens with one attached hydrogen (secondary N) is 1. The largest absolute Gasteiger partial charge is 0.444 e. The first-order chi connectivity index (χ1) is 10.5. The van der Waals surface area contributed by atoms with Crippen molar-refractivity contribution >= 4 is 6.09 Å². The van der Waals surface area contributed by atoms with Gasteiger partial charge in [-0.2, -0.15) is 0 Å². The zero-order chi connectivity index (χ0) is 16.0. The normalized spacial score (nSPS) is 25.5. The number of amides is 1. The predicted molar refractivity (Wildman–Crippen MR) is 89.9 cm³/mol. The van der Waals surface area contributed by atoms with E-state index in [2.05, 4.69) is 17.5 Å². The summed E-state index contributed by atoms with van der Waals surface area (Å²) in [5, 5.41) is 3.58. The Kier molecular flexibility index (Phi) is 6.30. The molecule has 4 nitrogen and oxygen atoms in total. The van der Waals surface area contributed by atoms with Gasteiger partial charge in [-0.15, -0.1) is 0 Å². The van der Waals surface area contributed by atoms with Crippen LogP contribution >= 0.6 is 0 Å². The first kappa shape index (κ1) is 17.3. The van der Waals surface area contributed by atoms with Crippen LogP contribution in [0.4, 0.5) is 4.79 Å². The summed E-state index contributed by atoms with van der Waals surface area (Å²) in [6.45, 7) is 8.71. The highest BCUT2D eigenvalue weighted by Gasteiger charge is 2.31. The number of hydrogen-bond acceptors (Lipinski definition) is 3. The molecule has 0 saturated carbocycles. The maximum atomic E-state index is 12.2. The third-order valence-corrected chi connectivity index (χ3v) is 4.47. The molecule has 2 unspecified atom stereocenters. The zero-order valence-electron chi connectivity index (χ0n) is 14.4. The summed E-state index contributed by atoms with van der Waals surface area (Å²) in [5.41, 5.74) is -0.406. The minimum atomic E-state index is -0.406. The molecule has 1 saturated heterocycles. The minimum absolute atomic E-state index is 0.146. The Morgan fingerprint density at radius 1 is 1.32 bits per heavy atom. The predicted octanol–water partition coefficient (Wildman–Crippen LogP) is 3.72. The van der Waals surface area contributed by atoms with Crippen LogP contribution in [0.1, 0.15) is 59.3 Å². The maximum absolute atomic E-state index is 12.2. The van der Waals surface area contributed by atoms with E-state index in [4.69, 9.17) is 4.74 Å². The van der Waals surface area contributed by atoms with Gasteiger partial charge in [-0.3, -0.25) is 0 Å². The maximum Gasteiger partial charge on any atom is 0.410 e. The molecule has 126 valence electrons. The van der Waals surface area contributed by atoms with Gasteiger partial charge < -0.3 is 15.0 Å². The van der Waals surface area contributed by atoms with E-state index in [1.165, 1.54) is 19.3 Å². The summed E-state index contributed by atoms with van der Waals surface area (Å²) >= 11 is 0. The minimum Gasteiger partial charge on any atom is -0.444 e. The van der Waals surface area contributed by atoms with Gasteiger partial charge in [0.15, 0.2) is 0 Å².